The first-order chi connectivity index (χ1) is 25.5. The average Bonchev–Trinajstić information content (AvgIpc) is 3.92. The summed E-state index contributed by atoms with van der Waals surface area (Å²) in [5, 5.41) is 0. The molecular weight excluding hydrogens is 660 g/mol. The van der Waals surface area contributed by atoms with Crippen molar-refractivity contribution in [3.8, 4) is 17.2 Å². The molecule has 12 heteroatoms. The van der Waals surface area contributed by atoms with Gasteiger partial charge in [0.05, 0.1) is 45.2 Å². The first-order valence-electron chi connectivity index (χ1n) is 18.0. The van der Waals surface area contributed by atoms with Gasteiger partial charge in [0, 0.05) is 62.6 Å². The summed E-state index contributed by atoms with van der Waals surface area (Å²) in [5.41, 5.74) is 3.67. The third kappa shape index (κ3) is 7.44. The smallest absolute Gasteiger partial charge is 0.254 e. The van der Waals surface area contributed by atoms with Crippen LogP contribution in [0.15, 0.2) is 83.7 Å². The molecule has 7 rings (SSSR count). The number of rotatable bonds is 14. The van der Waals surface area contributed by atoms with Crippen LogP contribution in [0.4, 0.5) is 5.95 Å². The molecular formula is C40H48N6O6. The molecule has 1 atom stereocenters. The van der Waals surface area contributed by atoms with Gasteiger partial charge in [0.15, 0.2) is 11.5 Å². The molecule has 2 fully saturated rings. The number of likely N-dealkylation sites (tertiary alicyclic amines) is 1. The van der Waals surface area contributed by atoms with Gasteiger partial charge in [0.2, 0.25) is 11.7 Å². The van der Waals surface area contributed by atoms with Crippen LogP contribution in [-0.4, -0.2) is 104 Å². The van der Waals surface area contributed by atoms with E-state index < -0.39 is 0 Å². The van der Waals surface area contributed by atoms with Crippen molar-refractivity contribution in [3.63, 3.8) is 0 Å². The van der Waals surface area contributed by atoms with Gasteiger partial charge in [0.1, 0.15) is 12.4 Å². The van der Waals surface area contributed by atoms with Gasteiger partial charge in [-0.1, -0.05) is 12.1 Å². The highest BCUT2D eigenvalue weighted by Crippen LogP contribution is 2.41. The second kappa shape index (κ2) is 16.1. The van der Waals surface area contributed by atoms with Gasteiger partial charge < -0.3 is 42.6 Å². The molecule has 1 amide bonds. The van der Waals surface area contributed by atoms with Crippen molar-refractivity contribution in [1.29, 1.82) is 0 Å². The van der Waals surface area contributed by atoms with E-state index in [1.807, 2.05) is 35.5 Å². The number of amides is 1. The Morgan fingerprint density at radius 1 is 0.885 bits per heavy atom. The van der Waals surface area contributed by atoms with E-state index in [2.05, 4.69) is 49.7 Å². The Morgan fingerprint density at radius 2 is 1.69 bits per heavy atom. The molecule has 0 radical (unpaired) electrons. The zero-order chi connectivity index (χ0) is 35.9. The van der Waals surface area contributed by atoms with E-state index in [1.165, 1.54) is 5.56 Å². The predicted molar refractivity (Wildman–Crippen MR) is 199 cm³/mol. The van der Waals surface area contributed by atoms with Gasteiger partial charge in [-0.05, 0) is 86.4 Å². The molecule has 274 valence electrons. The minimum absolute atomic E-state index is 0.0464. The van der Waals surface area contributed by atoms with Gasteiger partial charge >= 0.3 is 0 Å². The first-order valence-corrected chi connectivity index (χ1v) is 18.0. The lowest BCUT2D eigenvalue weighted by molar-refractivity contribution is 0.0780. The van der Waals surface area contributed by atoms with Crippen molar-refractivity contribution >= 4 is 22.9 Å². The molecule has 52 heavy (non-hydrogen) atoms. The predicted octanol–water partition coefficient (Wildman–Crippen LogP) is 5.65. The summed E-state index contributed by atoms with van der Waals surface area (Å²) in [6.45, 7) is 7.67. The molecule has 0 spiro atoms. The number of carbonyl (C=O) groups excluding carboxylic acids is 1. The van der Waals surface area contributed by atoms with Crippen molar-refractivity contribution < 1.29 is 28.2 Å². The highest BCUT2D eigenvalue weighted by molar-refractivity contribution is 5.96. The number of furan rings is 1. The van der Waals surface area contributed by atoms with Crippen LogP contribution in [0.25, 0.3) is 11.0 Å². The number of fused-ring (bicyclic) bond motifs is 1. The lowest BCUT2D eigenvalue weighted by Crippen LogP contribution is -2.39. The van der Waals surface area contributed by atoms with Crippen molar-refractivity contribution in [3.05, 3.63) is 96.2 Å². The second-order valence-electron chi connectivity index (χ2n) is 13.5. The number of benzene rings is 2. The maximum absolute atomic E-state index is 14.0. The lowest BCUT2D eigenvalue weighted by atomic mass is 9.77. The number of aromatic nitrogens is 3. The summed E-state index contributed by atoms with van der Waals surface area (Å²) >= 11 is 0. The third-order valence-electron chi connectivity index (χ3n) is 10.5. The van der Waals surface area contributed by atoms with Crippen LogP contribution in [0.2, 0.25) is 0 Å². The highest BCUT2D eigenvalue weighted by atomic mass is 16.5. The number of nitrogens with zero attached hydrogens (tertiary/aromatic N) is 6. The van der Waals surface area contributed by atoms with E-state index >= 15 is 0 Å². The van der Waals surface area contributed by atoms with Crippen LogP contribution in [0.5, 0.6) is 17.2 Å². The standard InChI is InChI=1S/C40H48N6O6/c1-48-35-26-30(27-36(49-2)37(35)50-3)38(47)45-20-14-40(29-45,31-11-15-41-16-12-31)13-19-43-17-7-18-44(22-21-43)39-42-33-9-4-5-10-34(33)46(39)23-25-51-28-32-8-6-24-52-32/h4-6,8-12,15-16,24,26-27H,7,13-14,17-23,25,28-29H2,1-3H3. The molecule has 5 aromatic rings. The number of carbonyl (C=O) groups is 1. The summed E-state index contributed by atoms with van der Waals surface area (Å²) in [7, 11) is 4.69. The number of anilines is 1. The van der Waals surface area contributed by atoms with Crippen molar-refractivity contribution in [2.45, 2.75) is 37.8 Å². The molecule has 3 aromatic heterocycles. The Hall–Kier alpha value is -5.07. The van der Waals surface area contributed by atoms with Gasteiger partial charge in [-0.3, -0.25) is 9.78 Å². The molecule has 5 heterocycles. The Labute approximate surface area is 304 Å². The largest absolute Gasteiger partial charge is 0.493 e. The molecule has 2 saturated heterocycles. The molecule has 0 aliphatic carbocycles. The Kier molecular flexibility index (Phi) is 10.9. The lowest BCUT2D eigenvalue weighted by Gasteiger charge is -2.33. The molecule has 2 aromatic carbocycles. The van der Waals surface area contributed by atoms with E-state index in [-0.39, 0.29) is 11.3 Å². The number of hydrogen-bond donors (Lipinski definition) is 0. The minimum atomic E-state index is -0.186. The maximum atomic E-state index is 14.0. The zero-order valence-corrected chi connectivity index (χ0v) is 30.3. The van der Waals surface area contributed by atoms with Crippen molar-refractivity contribution in [2.24, 2.45) is 0 Å². The SMILES string of the molecule is COc1cc(C(=O)N2CCC(CCN3CCCN(c4nc5ccccc5n4CCOCc4ccco4)CC3)(c3ccncc3)C2)cc(OC)c1OC. The Morgan fingerprint density at radius 3 is 2.44 bits per heavy atom. The molecule has 2 aliphatic heterocycles. The van der Waals surface area contributed by atoms with Crippen LogP contribution >= 0.6 is 0 Å². The fraction of sp³-hybridized carbons (Fsp3) is 0.425. The first kappa shape index (κ1) is 35.3. The molecule has 1 unspecified atom stereocenters. The van der Waals surface area contributed by atoms with Crippen LogP contribution < -0.4 is 19.1 Å². The number of methoxy groups -OCH3 is 3. The Bertz CT molecular complexity index is 1910. The van der Waals surface area contributed by atoms with Crippen molar-refractivity contribution in [1.82, 2.24) is 24.3 Å². The molecule has 2 aliphatic rings. The van der Waals surface area contributed by atoms with Gasteiger partial charge in [-0.15, -0.1) is 0 Å². The monoisotopic (exact) mass is 708 g/mol. The van der Waals surface area contributed by atoms with Crippen LogP contribution in [0.1, 0.15) is 40.9 Å². The quantitative estimate of drug-likeness (QED) is 0.134. The summed E-state index contributed by atoms with van der Waals surface area (Å²) in [6.07, 6.45) is 8.23. The minimum Gasteiger partial charge on any atom is -0.493 e. The van der Waals surface area contributed by atoms with Crippen LogP contribution in [0, 0.1) is 0 Å². The Balaban J connectivity index is 1.03. The number of para-hydroxylation sites is 2. The molecule has 0 bridgehead atoms. The average molecular weight is 709 g/mol. The molecule has 0 N–H and O–H groups in total. The summed E-state index contributed by atoms with van der Waals surface area (Å²) in [5.74, 6) is 3.18. The van der Waals surface area contributed by atoms with Gasteiger partial charge in [0.25, 0.3) is 5.91 Å². The second-order valence-corrected chi connectivity index (χ2v) is 13.5. The topological polar surface area (TPSA) is 108 Å². The number of hydrogen-bond acceptors (Lipinski definition) is 10. The van der Waals surface area contributed by atoms with Gasteiger partial charge in [-0.25, -0.2) is 4.98 Å². The molecule has 12 nitrogen and oxygen atoms in total. The van der Waals surface area contributed by atoms with E-state index in [0.717, 1.165) is 74.7 Å². The fourth-order valence-corrected chi connectivity index (χ4v) is 7.74. The molecule has 0 saturated carbocycles. The van der Waals surface area contributed by atoms with Crippen LogP contribution in [-0.2, 0) is 23.3 Å². The fourth-order valence-electron chi connectivity index (χ4n) is 7.74. The number of ether oxygens (including phenoxy) is 4. The van der Waals surface area contributed by atoms with E-state index in [1.54, 1.807) is 39.7 Å². The maximum Gasteiger partial charge on any atom is 0.254 e. The summed E-state index contributed by atoms with van der Waals surface area (Å²) in [4.78, 5) is 30.4. The van der Waals surface area contributed by atoms with E-state index in [9.17, 15) is 4.79 Å². The number of imidazole rings is 1. The third-order valence-corrected chi connectivity index (χ3v) is 10.5. The summed E-state index contributed by atoms with van der Waals surface area (Å²) < 4.78 is 30.3. The van der Waals surface area contributed by atoms with Crippen LogP contribution in [0.3, 0.4) is 0 Å². The van der Waals surface area contributed by atoms with Crippen molar-refractivity contribution in [2.75, 3.05) is 78.6 Å². The van der Waals surface area contributed by atoms with E-state index in [4.69, 9.17) is 28.3 Å². The highest BCUT2D eigenvalue weighted by Gasteiger charge is 2.42. The van der Waals surface area contributed by atoms with Gasteiger partial charge in [-0.2, -0.15) is 0 Å². The zero-order valence-electron chi connectivity index (χ0n) is 30.3. The number of pyridine rings is 1. The summed E-state index contributed by atoms with van der Waals surface area (Å²) in [6, 6.07) is 19.8. The normalized spacial score (nSPS) is 18.1. The van der Waals surface area contributed by atoms with E-state index in [0.29, 0.717) is 55.7 Å².